The molecule has 1 aromatic carbocycles. The minimum Gasteiger partial charge on any atom is -0.478 e. The standard InChI is InChI=1S/C21H25ClN2O2/c1-15-9-20(26-14-24-19-5-3-2-4-6-19)18(13-25)11-17(15)10-16-7-8-21(22)23-12-16/h7-9,11-13,19,24H,2-6,10,14H2,1H3. The molecule has 1 aliphatic carbocycles. The van der Waals surface area contributed by atoms with Crippen molar-refractivity contribution in [3.05, 3.63) is 57.9 Å². The van der Waals surface area contributed by atoms with Crippen LogP contribution in [-0.2, 0) is 6.42 Å². The average Bonchev–Trinajstić information content (AvgIpc) is 2.66. The minimum atomic E-state index is 0.436. The Balaban J connectivity index is 1.66. The summed E-state index contributed by atoms with van der Waals surface area (Å²) in [5.41, 5.74) is 3.82. The highest BCUT2D eigenvalue weighted by Gasteiger charge is 2.13. The number of hydrogen-bond donors (Lipinski definition) is 1. The lowest BCUT2D eigenvalue weighted by Gasteiger charge is -2.23. The number of hydrogen-bond acceptors (Lipinski definition) is 4. The zero-order chi connectivity index (χ0) is 18.4. The molecular weight excluding hydrogens is 348 g/mol. The highest BCUT2D eigenvalue weighted by Crippen LogP contribution is 2.25. The van der Waals surface area contributed by atoms with E-state index in [0.717, 1.165) is 23.0 Å². The largest absolute Gasteiger partial charge is 0.478 e. The fourth-order valence-electron chi connectivity index (χ4n) is 3.43. The molecule has 3 rings (SSSR count). The molecule has 0 saturated heterocycles. The van der Waals surface area contributed by atoms with Crippen LogP contribution in [0.2, 0.25) is 5.15 Å². The smallest absolute Gasteiger partial charge is 0.153 e. The zero-order valence-corrected chi connectivity index (χ0v) is 15.9. The first-order valence-electron chi connectivity index (χ1n) is 9.21. The van der Waals surface area contributed by atoms with Crippen molar-refractivity contribution in [1.82, 2.24) is 10.3 Å². The summed E-state index contributed by atoms with van der Waals surface area (Å²) in [5, 5.41) is 3.92. The minimum absolute atomic E-state index is 0.436. The van der Waals surface area contributed by atoms with E-state index in [-0.39, 0.29) is 0 Å². The van der Waals surface area contributed by atoms with Gasteiger partial charge < -0.3 is 4.74 Å². The Morgan fingerprint density at radius 2 is 2.08 bits per heavy atom. The Labute approximate surface area is 159 Å². The van der Waals surface area contributed by atoms with E-state index in [2.05, 4.69) is 10.3 Å². The molecule has 0 bridgehead atoms. The van der Waals surface area contributed by atoms with E-state index in [1.165, 1.54) is 32.1 Å². The predicted molar refractivity (Wildman–Crippen MR) is 104 cm³/mol. The number of carbonyl (C=O) groups excluding carboxylic acids is 1. The number of nitrogens with zero attached hydrogens (tertiary/aromatic N) is 1. The molecule has 1 fully saturated rings. The zero-order valence-electron chi connectivity index (χ0n) is 15.1. The topological polar surface area (TPSA) is 51.2 Å². The third-order valence-corrected chi connectivity index (χ3v) is 5.21. The van der Waals surface area contributed by atoms with Crippen molar-refractivity contribution in [2.45, 2.75) is 51.5 Å². The number of aldehydes is 1. The second-order valence-corrected chi connectivity index (χ2v) is 7.32. The second-order valence-electron chi connectivity index (χ2n) is 6.93. The number of carbonyl (C=O) groups is 1. The SMILES string of the molecule is Cc1cc(OCNC2CCCCC2)c(C=O)cc1Cc1ccc(Cl)nc1. The highest BCUT2D eigenvalue weighted by molar-refractivity contribution is 6.29. The summed E-state index contributed by atoms with van der Waals surface area (Å²) < 4.78 is 5.86. The molecule has 26 heavy (non-hydrogen) atoms. The number of aromatic nitrogens is 1. The monoisotopic (exact) mass is 372 g/mol. The van der Waals surface area contributed by atoms with Gasteiger partial charge in [0.1, 0.15) is 17.6 Å². The molecule has 0 amide bonds. The Morgan fingerprint density at radius 1 is 1.27 bits per heavy atom. The van der Waals surface area contributed by atoms with Crippen LogP contribution < -0.4 is 10.1 Å². The number of benzene rings is 1. The Kier molecular flexibility index (Phi) is 6.64. The fourth-order valence-corrected chi connectivity index (χ4v) is 3.54. The molecular formula is C21H25ClN2O2. The van der Waals surface area contributed by atoms with E-state index in [1.54, 1.807) is 12.3 Å². The lowest BCUT2D eigenvalue weighted by Crippen LogP contribution is -2.34. The van der Waals surface area contributed by atoms with Gasteiger partial charge in [-0.25, -0.2) is 4.98 Å². The molecule has 0 unspecified atom stereocenters. The number of nitrogens with one attached hydrogen (secondary N) is 1. The lowest BCUT2D eigenvalue weighted by atomic mass is 9.96. The van der Waals surface area contributed by atoms with Gasteiger partial charge in [0, 0.05) is 12.2 Å². The Hall–Kier alpha value is -1.91. The fraction of sp³-hybridized carbons (Fsp3) is 0.429. The Bertz CT molecular complexity index is 740. The first-order chi connectivity index (χ1) is 12.7. The van der Waals surface area contributed by atoms with Gasteiger partial charge in [-0.2, -0.15) is 0 Å². The van der Waals surface area contributed by atoms with E-state index in [4.69, 9.17) is 16.3 Å². The quantitative estimate of drug-likeness (QED) is 0.434. The summed E-state index contributed by atoms with van der Waals surface area (Å²) >= 11 is 5.84. The highest BCUT2D eigenvalue weighted by atomic mass is 35.5. The number of ether oxygens (including phenoxy) is 1. The third-order valence-electron chi connectivity index (χ3n) is 4.98. The van der Waals surface area contributed by atoms with Crippen molar-refractivity contribution < 1.29 is 9.53 Å². The number of aryl methyl sites for hydroxylation is 1. The van der Waals surface area contributed by atoms with Crippen LogP contribution in [0.25, 0.3) is 0 Å². The number of halogens is 1. The maximum Gasteiger partial charge on any atom is 0.153 e. The summed E-state index contributed by atoms with van der Waals surface area (Å²) in [4.78, 5) is 15.6. The van der Waals surface area contributed by atoms with Crippen LogP contribution in [0, 0.1) is 6.92 Å². The molecule has 4 nitrogen and oxygen atoms in total. The van der Waals surface area contributed by atoms with Gasteiger partial charge in [0.25, 0.3) is 0 Å². The first kappa shape index (κ1) is 18.9. The average molecular weight is 373 g/mol. The predicted octanol–water partition coefficient (Wildman–Crippen LogP) is 4.71. The summed E-state index contributed by atoms with van der Waals surface area (Å²) in [6.45, 7) is 2.47. The van der Waals surface area contributed by atoms with Gasteiger partial charge in [0.15, 0.2) is 6.29 Å². The van der Waals surface area contributed by atoms with Crippen LogP contribution in [0.3, 0.4) is 0 Å². The van der Waals surface area contributed by atoms with E-state index < -0.39 is 0 Å². The maximum absolute atomic E-state index is 11.5. The molecule has 1 N–H and O–H groups in total. The van der Waals surface area contributed by atoms with Crippen molar-refractivity contribution in [3.8, 4) is 5.75 Å². The van der Waals surface area contributed by atoms with Gasteiger partial charge in [-0.3, -0.25) is 10.1 Å². The van der Waals surface area contributed by atoms with Gasteiger partial charge >= 0.3 is 0 Å². The summed E-state index contributed by atoms with van der Waals surface area (Å²) in [7, 11) is 0. The molecule has 1 aromatic heterocycles. The van der Waals surface area contributed by atoms with E-state index in [0.29, 0.717) is 35.7 Å². The summed E-state index contributed by atoms with van der Waals surface area (Å²) in [5.74, 6) is 0.638. The van der Waals surface area contributed by atoms with Gasteiger partial charge in [0.2, 0.25) is 0 Å². The van der Waals surface area contributed by atoms with Gasteiger partial charge in [-0.15, -0.1) is 0 Å². The molecule has 1 saturated carbocycles. The van der Waals surface area contributed by atoms with Gasteiger partial charge in [0.05, 0.1) is 5.56 Å². The van der Waals surface area contributed by atoms with Gasteiger partial charge in [-0.1, -0.05) is 36.9 Å². The van der Waals surface area contributed by atoms with Crippen LogP contribution in [0.4, 0.5) is 0 Å². The van der Waals surface area contributed by atoms with Crippen LogP contribution >= 0.6 is 11.6 Å². The molecule has 0 radical (unpaired) electrons. The van der Waals surface area contributed by atoms with Crippen LogP contribution in [-0.4, -0.2) is 24.0 Å². The normalized spacial score (nSPS) is 15.0. The first-order valence-corrected chi connectivity index (χ1v) is 9.59. The number of rotatable bonds is 7. The molecule has 0 aliphatic heterocycles. The maximum atomic E-state index is 11.5. The van der Waals surface area contributed by atoms with Crippen molar-refractivity contribution in [2.75, 3.05) is 6.73 Å². The van der Waals surface area contributed by atoms with Crippen molar-refractivity contribution in [3.63, 3.8) is 0 Å². The lowest BCUT2D eigenvalue weighted by molar-refractivity contribution is 0.111. The van der Waals surface area contributed by atoms with E-state index in [1.807, 2.05) is 25.1 Å². The van der Waals surface area contributed by atoms with Gasteiger partial charge in [-0.05, 0) is 61.1 Å². The van der Waals surface area contributed by atoms with Crippen LogP contribution in [0.5, 0.6) is 5.75 Å². The van der Waals surface area contributed by atoms with Crippen LogP contribution in [0.1, 0.15) is 59.2 Å². The molecule has 1 heterocycles. The van der Waals surface area contributed by atoms with E-state index >= 15 is 0 Å². The summed E-state index contributed by atoms with van der Waals surface area (Å²) in [6.07, 6.45) is 9.64. The number of pyridine rings is 1. The molecule has 138 valence electrons. The van der Waals surface area contributed by atoms with Crippen molar-refractivity contribution in [2.24, 2.45) is 0 Å². The Morgan fingerprint density at radius 3 is 2.77 bits per heavy atom. The summed E-state index contributed by atoms with van der Waals surface area (Å²) in [6, 6.07) is 8.12. The molecule has 0 spiro atoms. The second kappa shape index (κ2) is 9.15. The molecule has 1 aliphatic rings. The van der Waals surface area contributed by atoms with Crippen molar-refractivity contribution >= 4 is 17.9 Å². The van der Waals surface area contributed by atoms with Crippen molar-refractivity contribution in [1.29, 1.82) is 0 Å². The molecule has 2 aromatic rings. The van der Waals surface area contributed by atoms with E-state index in [9.17, 15) is 4.79 Å². The third kappa shape index (κ3) is 5.05. The molecule has 0 atom stereocenters. The molecule has 5 heteroatoms. The van der Waals surface area contributed by atoms with Crippen LogP contribution in [0.15, 0.2) is 30.5 Å².